The molecule has 0 saturated heterocycles. The van der Waals surface area contributed by atoms with E-state index in [1.165, 1.54) is 55.3 Å². The molecule has 0 N–H and O–H groups in total. The first-order valence-electron chi connectivity index (χ1n) is 12.7. The molecule has 0 aliphatic heterocycles. The quantitative estimate of drug-likeness (QED) is 0.392. The summed E-state index contributed by atoms with van der Waals surface area (Å²) in [6, 6.07) is 17.7. The molecule has 4 aliphatic rings. The summed E-state index contributed by atoms with van der Waals surface area (Å²) in [5.41, 5.74) is 8.98. The zero-order valence-electron chi connectivity index (χ0n) is 20.2. The van der Waals surface area contributed by atoms with Gasteiger partial charge in [0.15, 0.2) is 0 Å². The van der Waals surface area contributed by atoms with Gasteiger partial charge in [-0.3, -0.25) is 9.67 Å². The standard InChI is InChI=1S/C30H35N3/c1-20-9-10-27(30-15-24-11-25(16-30)13-26(12-24)17-30)14-29(20)31-18-28-21(2)32-33(22(28)3)19-23-7-5-4-6-8-23/h4-10,14,18,24-26H,11-13,15-17,19H2,1-3H3. The molecule has 4 saturated carbocycles. The van der Waals surface area contributed by atoms with Gasteiger partial charge in [-0.1, -0.05) is 42.5 Å². The first-order chi connectivity index (χ1) is 16.0. The second kappa shape index (κ2) is 7.97. The second-order valence-corrected chi connectivity index (χ2v) is 11.2. The smallest absolute Gasteiger partial charge is 0.0684 e. The van der Waals surface area contributed by atoms with Gasteiger partial charge in [-0.05, 0) is 105 Å². The predicted molar refractivity (Wildman–Crippen MR) is 136 cm³/mol. The summed E-state index contributed by atoms with van der Waals surface area (Å²) in [7, 11) is 0. The number of hydrogen-bond donors (Lipinski definition) is 0. The summed E-state index contributed by atoms with van der Waals surface area (Å²) < 4.78 is 2.10. The van der Waals surface area contributed by atoms with Crippen molar-refractivity contribution in [2.24, 2.45) is 22.7 Å². The molecule has 0 radical (unpaired) electrons. The van der Waals surface area contributed by atoms with Crippen molar-refractivity contribution < 1.29 is 0 Å². The number of aliphatic imine (C=N–C) groups is 1. The summed E-state index contributed by atoms with van der Waals surface area (Å²) in [5.74, 6) is 2.89. The number of benzene rings is 2. The lowest BCUT2D eigenvalue weighted by Crippen LogP contribution is -2.48. The minimum atomic E-state index is 0.416. The maximum atomic E-state index is 5.03. The van der Waals surface area contributed by atoms with Gasteiger partial charge in [0.25, 0.3) is 0 Å². The number of rotatable bonds is 5. The van der Waals surface area contributed by atoms with Gasteiger partial charge in [0, 0.05) is 17.5 Å². The number of hydrogen-bond acceptors (Lipinski definition) is 2. The minimum Gasteiger partial charge on any atom is -0.265 e. The van der Waals surface area contributed by atoms with Crippen molar-refractivity contribution in [1.29, 1.82) is 0 Å². The van der Waals surface area contributed by atoms with Gasteiger partial charge in [-0.25, -0.2) is 0 Å². The molecule has 3 heteroatoms. The van der Waals surface area contributed by atoms with Gasteiger partial charge in [0.2, 0.25) is 0 Å². The van der Waals surface area contributed by atoms with E-state index in [1.807, 2.05) is 6.21 Å². The summed E-state index contributed by atoms with van der Waals surface area (Å²) >= 11 is 0. The highest BCUT2D eigenvalue weighted by Gasteiger charge is 2.51. The molecule has 0 unspecified atom stereocenters. The van der Waals surface area contributed by atoms with E-state index in [1.54, 1.807) is 5.56 Å². The summed E-state index contributed by atoms with van der Waals surface area (Å²) in [6.45, 7) is 7.23. The van der Waals surface area contributed by atoms with Gasteiger partial charge in [-0.2, -0.15) is 5.10 Å². The van der Waals surface area contributed by atoms with E-state index in [4.69, 9.17) is 10.1 Å². The van der Waals surface area contributed by atoms with Crippen LogP contribution in [0.15, 0.2) is 53.5 Å². The third-order valence-corrected chi connectivity index (χ3v) is 8.81. The zero-order chi connectivity index (χ0) is 22.6. The lowest BCUT2D eigenvalue weighted by molar-refractivity contribution is -0.00517. The van der Waals surface area contributed by atoms with Crippen molar-refractivity contribution in [2.45, 2.75) is 71.3 Å². The first kappa shape index (κ1) is 20.9. The van der Waals surface area contributed by atoms with Crippen molar-refractivity contribution in [3.63, 3.8) is 0 Å². The normalized spacial score (nSPS) is 28.2. The highest BCUT2D eigenvalue weighted by Crippen LogP contribution is 2.60. The molecule has 1 heterocycles. The second-order valence-electron chi connectivity index (χ2n) is 11.2. The topological polar surface area (TPSA) is 30.2 Å². The van der Waals surface area contributed by atoms with Crippen LogP contribution < -0.4 is 0 Å². The van der Waals surface area contributed by atoms with E-state index in [-0.39, 0.29) is 0 Å². The molecule has 4 aliphatic carbocycles. The third-order valence-electron chi connectivity index (χ3n) is 8.81. The molecule has 0 amide bonds. The lowest BCUT2D eigenvalue weighted by atomic mass is 9.48. The Bertz CT molecular complexity index is 1170. The predicted octanol–water partition coefficient (Wildman–Crippen LogP) is 7.08. The Morgan fingerprint density at radius 3 is 2.27 bits per heavy atom. The van der Waals surface area contributed by atoms with E-state index in [0.29, 0.717) is 5.41 Å². The average Bonchev–Trinajstić information content (AvgIpc) is 3.05. The fourth-order valence-corrected chi connectivity index (χ4v) is 7.48. The average molecular weight is 438 g/mol. The molecule has 4 bridgehead atoms. The van der Waals surface area contributed by atoms with Gasteiger partial charge in [0.05, 0.1) is 17.9 Å². The molecule has 0 atom stereocenters. The van der Waals surface area contributed by atoms with Crippen LogP contribution in [0.2, 0.25) is 0 Å². The molecule has 3 aromatic rings. The van der Waals surface area contributed by atoms with Crippen molar-refractivity contribution in [2.75, 3.05) is 0 Å². The molecule has 33 heavy (non-hydrogen) atoms. The number of aromatic nitrogens is 2. The Morgan fingerprint density at radius 1 is 0.939 bits per heavy atom. The highest BCUT2D eigenvalue weighted by atomic mass is 15.3. The van der Waals surface area contributed by atoms with Crippen LogP contribution in [0.5, 0.6) is 0 Å². The van der Waals surface area contributed by atoms with E-state index >= 15 is 0 Å². The monoisotopic (exact) mass is 437 g/mol. The van der Waals surface area contributed by atoms with Crippen LogP contribution in [0.3, 0.4) is 0 Å². The van der Waals surface area contributed by atoms with Crippen molar-refractivity contribution in [3.8, 4) is 0 Å². The van der Waals surface area contributed by atoms with E-state index in [0.717, 1.165) is 41.2 Å². The molecule has 1 aromatic heterocycles. The summed E-state index contributed by atoms with van der Waals surface area (Å²) in [5, 5.41) is 4.81. The van der Waals surface area contributed by atoms with Crippen LogP contribution >= 0.6 is 0 Å². The largest absolute Gasteiger partial charge is 0.265 e. The van der Waals surface area contributed by atoms with Crippen LogP contribution in [0.4, 0.5) is 5.69 Å². The molecule has 7 rings (SSSR count). The lowest BCUT2D eigenvalue weighted by Gasteiger charge is -2.57. The molecule has 4 fully saturated rings. The fourth-order valence-electron chi connectivity index (χ4n) is 7.48. The van der Waals surface area contributed by atoms with Gasteiger partial charge < -0.3 is 0 Å². The molecular formula is C30H35N3. The van der Waals surface area contributed by atoms with Crippen LogP contribution in [-0.4, -0.2) is 16.0 Å². The van der Waals surface area contributed by atoms with E-state index in [2.05, 4.69) is 74.0 Å². The van der Waals surface area contributed by atoms with E-state index < -0.39 is 0 Å². The van der Waals surface area contributed by atoms with Crippen LogP contribution in [0.1, 0.15) is 72.2 Å². The maximum absolute atomic E-state index is 5.03. The molecule has 2 aromatic carbocycles. The van der Waals surface area contributed by atoms with Crippen LogP contribution in [0.25, 0.3) is 0 Å². The van der Waals surface area contributed by atoms with Gasteiger partial charge >= 0.3 is 0 Å². The summed E-state index contributed by atoms with van der Waals surface area (Å²) in [4.78, 5) is 5.03. The highest BCUT2D eigenvalue weighted by molar-refractivity contribution is 5.85. The van der Waals surface area contributed by atoms with Crippen molar-refractivity contribution in [3.05, 3.63) is 82.2 Å². The zero-order valence-corrected chi connectivity index (χ0v) is 20.2. The van der Waals surface area contributed by atoms with Crippen molar-refractivity contribution >= 4 is 11.9 Å². The first-order valence-corrected chi connectivity index (χ1v) is 12.7. The number of aryl methyl sites for hydroxylation is 2. The Labute approximate surface area is 198 Å². The van der Waals surface area contributed by atoms with Gasteiger partial charge in [-0.15, -0.1) is 0 Å². The van der Waals surface area contributed by atoms with Gasteiger partial charge in [0.1, 0.15) is 0 Å². The van der Waals surface area contributed by atoms with Crippen LogP contribution in [0, 0.1) is 38.5 Å². The third kappa shape index (κ3) is 3.76. The molecule has 0 spiro atoms. The minimum absolute atomic E-state index is 0.416. The fraction of sp³-hybridized carbons (Fsp3) is 0.467. The summed E-state index contributed by atoms with van der Waals surface area (Å²) in [6.07, 6.45) is 10.7. The molecule has 170 valence electrons. The van der Waals surface area contributed by atoms with Crippen molar-refractivity contribution in [1.82, 2.24) is 9.78 Å². The number of nitrogens with zero attached hydrogens (tertiary/aromatic N) is 3. The molecule has 3 nitrogen and oxygen atoms in total. The Hall–Kier alpha value is -2.68. The molecular weight excluding hydrogens is 402 g/mol. The Kier molecular flexibility index (Phi) is 5.05. The SMILES string of the molecule is Cc1ccc(C23CC4CC(CC(C4)C2)C3)cc1N=Cc1c(C)nn(Cc2ccccc2)c1C. The Balaban J connectivity index is 1.28. The Morgan fingerprint density at radius 2 is 1.61 bits per heavy atom. The van der Waals surface area contributed by atoms with Crippen LogP contribution in [-0.2, 0) is 12.0 Å². The maximum Gasteiger partial charge on any atom is 0.0684 e. The van der Waals surface area contributed by atoms with E-state index in [9.17, 15) is 0 Å².